The first kappa shape index (κ1) is 8.30. The van der Waals surface area contributed by atoms with E-state index in [9.17, 15) is 4.79 Å². The van der Waals surface area contributed by atoms with Crippen LogP contribution in [0.15, 0.2) is 24.3 Å². The lowest BCUT2D eigenvalue weighted by molar-refractivity contribution is -0.129. The number of amides is 1. The molecule has 2 rings (SSSR count). The van der Waals surface area contributed by atoms with E-state index >= 15 is 0 Å². The molecule has 0 radical (unpaired) electrons. The van der Waals surface area contributed by atoms with Gasteiger partial charge in [0.2, 0.25) is 5.91 Å². The Hall–Kier alpha value is -1.31. The minimum atomic E-state index is 0.175. The summed E-state index contributed by atoms with van der Waals surface area (Å²) >= 11 is 0. The lowest BCUT2D eigenvalue weighted by atomic mass is 10.00. The number of hydrogen-bond acceptors (Lipinski definition) is 1. The molecule has 0 aliphatic carbocycles. The summed E-state index contributed by atoms with van der Waals surface area (Å²) < 4.78 is 0. The third-order valence-corrected chi connectivity index (χ3v) is 2.58. The highest BCUT2D eigenvalue weighted by atomic mass is 16.2. The maximum atomic E-state index is 11.1. The number of benzene rings is 1. The summed E-state index contributed by atoms with van der Waals surface area (Å²) in [6.45, 7) is 3.28. The van der Waals surface area contributed by atoms with Crippen molar-refractivity contribution in [3.05, 3.63) is 35.4 Å². The van der Waals surface area contributed by atoms with Crippen LogP contribution in [0.4, 0.5) is 0 Å². The summed E-state index contributed by atoms with van der Waals surface area (Å²) in [5.41, 5.74) is 2.68. The van der Waals surface area contributed by atoms with E-state index in [1.165, 1.54) is 11.1 Å². The van der Waals surface area contributed by atoms with Crippen molar-refractivity contribution >= 4 is 5.91 Å². The lowest BCUT2D eigenvalue weighted by Crippen LogP contribution is -2.34. The average molecular weight is 175 g/mol. The second-order valence-electron chi connectivity index (χ2n) is 3.46. The molecule has 2 heteroatoms. The van der Waals surface area contributed by atoms with Gasteiger partial charge in [0.05, 0.1) is 0 Å². The zero-order valence-electron chi connectivity index (χ0n) is 7.79. The van der Waals surface area contributed by atoms with Crippen LogP contribution in [0.2, 0.25) is 0 Å². The Morgan fingerprint density at radius 3 is 2.69 bits per heavy atom. The first-order valence-electron chi connectivity index (χ1n) is 4.59. The Kier molecular flexibility index (Phi) is 2.05. The van der Waals surface area contributed by atoms with Gasteiger partial charge >= 0.3 is 0 Å². The van der Waals surface area contributed by atoms with Gasteiger partial charge in [0.15, 0.2) is 0 Å². The van der Waals surface area contributed by atoms with Crippen molar-refractivity contribution in [1.82, 2.24) is 4.90 Å². The average Bonchev–Trinajstić information content (AvgIpc) is 2.17. The van der Waals surface area contributed by atoms with Crippen LogP contribution in [0, 0.1) is 0 Å². The van der Waals surface area contributed by atoms with Gasteiger partial charge in [-0.2, -0.15) is 0 Å². The monoisotopic (exact) mass is 175 g/mol. The summed E-state index contributed by atoms with van der Waals surface area (Å²) in [7, 11) is 0. The first-order valence-corrected chi connectivity index (χ1v) is 4.59. The maximum absolute atomic E-state index is 11.1. The van der Waals surface area contributed by atoms with Crippen molar-refractivity contribution in [2.75, 3.05) is 6.54 Å². The molecule has 0 N–H and O–H groups in total. The smallest absolute Gasteiger partial charge is 0.219 e. The fraction of sp³-hybridized carbons (Fsp3) is 0.364. The molecule has 0 bridgehead atoms. The van der Waals surface area contributed by atoms with E-state index in [0.29, 0.717) is 0 Å². The molecular weight excluding hydrogens is 162 g/mol. The SMILES string of the molecule is CC(=O)N1CCc2ccccc2C1. The third-order valence-electron chi connectivity index (χ3n) is 2.58. The minimum absolute atomic E-state index is 0.175. The fourth-order valence-electron chi connectivity index (χ4n) is 1.76. The second kappa shape index (κ2) is 3.21. The molecule has 1 heterocycles. The van der Waals surface area contributed by atoms with Gasteiger partial charge in [-0.25, -0.2) is 0 Å². The Labute approximate surface area is 78.2 Å². The van der Waals surface area contributed by atoms with E-state index in [2.05, 4.69) is 18.2 Å². The van der Waals surface area contributed by atoms with E-state index in [0.717, 1.165) is 19.5 Å². The molecular formula is C11H13NO. The molecule has 1 amide bonds. The Bertz CT molecular complexity index is 333. The largest absolute Gasteiger partial charge is 0.338 e. The molecule has 2 nitrogen and oxygen atoms in total. The van der Waals surface area contributed by atoms with Gasteiger partial charge in [0.25, 0.3) is 0 Å². The summed E-state index contributed by atoms with van der Waals surface area (Å²) in [6.07, 6.45) is 0.996. The Balaban J connectivity index is 2.24. The van der Waals surface area contributed by atoms with E-state index in [1.807, 2.05) is 11.0 Å². The van der Waals surface area contributed by atoms with Gasteiger partial charge in [-0.15, -0.1) is 0 Å². The van der Waals surface area contributed by atoms with Crippen LogP contribution in [-0.2, 0) is 17.8 Å². The number of hydrogen-bond donors (Lipinski definition) is 0. The van der Waals surface area contributed by atoms with Crippen molar-refractivity contribution in [2.45, 2.75) is 19.9 Å². The zero-order valence-corrected chi connectivity index (χ0v) is 7.79. The molecule has 1 aromatic carbocycles. The molecule has 13 heavy (non-hydrogen) atoms. The quantitative estimate of drug-likeness (QED) is 0.586. The molecule has 68 valence electrons. The van der Waals surface area contributed by atoms with Gasteiger partial charge in [0, 0.05) is 20.0 Å². The van der Waals surface area contributed by atoms with Crippen LogP contribution in [0.5, 0.6) is 0 Å². The van der Waals surface area contributed by atoms with Gasteiger partial charge in [0.1, 0.15) is 0 Å². The third kappa shape index (κ3) is 1.57. The lowest BCUT2D eigenvalue weighted by Gasteiger charge is -2.27. The van der Waals surface area contributed by atoms with Crippen LogP contribution in [0.1, 0.15) is 18.1 Å². The molecule has 1 aliphatic rings. The van der Waals surface area contributed by atoms with Crippen LogP contribution in [-0.4, -0.2) is 17.4 Å². The van der Waals surface area contributed by atoms with Gasteiger partial charge in [-0.05, 0) is 17.5 Å². The molecule has 0 atom stereocenters. The standard InChI is InChI=1S/C11H13NO/c1-9(13)12-7-6-10-4-2-3-5-11(10)8-12/h2-5H,6-8H2,1H3. The number of nitrogens with zero attached hydrogens (tertiary/aromatic N) is 1. The van der Waals surface area contributed by atoms with Gasteiger partial charge in [-0.3, -0.25) is 4.79 Å². The van der Waals surface area contributed by atoms with Crippen molar-refractivity contribution in [3.8, 4) is 0 Å². The predicted molar refractivity (Wildman–Crippen MR) is 51.2 cm³/mol. The molecule has 1 aromatic rings. The fourth-order valence-corrected chi connectivity index (χ4v) is 1.76. The predicted octanol–water partition coefficient (Wildman–Crippen LogP) is 1.59. The first-order chi connectivity index (χ1) is 6.27. The van der Waals surface area contributed by atoms with E-state index in [1.54, 1.807) is 6.92 Å². The summed E-state index contributed by atoms with van der Waals surface area (Å²) in [5.74, 6) is 0.175. The highest BCUT2D eigenvalue weighted by Crippen LogP contribution is 2.17. The molecule has 0 saturated heterocycles. The van der Waals surface area contributed by atoms with Gasteiger partial charge < -0.3 is 4.90 Å². The molecule has 0 fully saturated rings. The highest BCUT2D eigenvalue weighted by Gasteiger charge is 2.16. The van der Waals surface area contributed by atoms with E-state index in [-0.39, 0.29) is 5.91 Å². The summed E-state index contributed by atoms with van der Waals surface area (Å²) in [6, 6.07) is 8.34. The van der Waals surface area contributed by atoms with E-state index < -0.39 is 0 Å². The van der Waals surface area contributed by atoms with Gasteiger partial charge in [-0.1, -0.05) is 24.3 Å². The Morgan fingerprint density at radius 2 is 2.00 bits per heavy atom. The molecule has 0 unspecified atom stereocenters. The minimum Gasteiger partial charge on any atom is -0.338 e. The number of carbonyl (C=O) groups is 1. The van der Waals surface area contributed by atoms with Crippen LogP contribution >= 0.6 is 0 Å². The molecule has 0 saturated carbocycles. The number of carbonyl (C=O) groups excluding carboxylic acids is 1. The molecule has 0 aromatic heterocycles. The summed E-state index contributed by atoms with van der Waals surface area (Å²) in [5, 5.41) is 0. The van der Waals surface area contributed by atoms with Crippen LogP contribution in [0.3, 0.4) is 0 Å². The van der Waals surface area contributed by atoms with Crippen molar-refractivity contribution < 1.29 is 4.79 Å². The number of rotatable bonds is 0. The van der Waals surface area contributed by atoms with Crippen molar-refractivity contribution in [3.63, 3.8) is 0 Å². The normalized spacial score (nSPS) is 15.3. The topological polar surface area (TPSA) is 20.3 Å². The zero-order chi connectivity index (χ0) is 9.26. The second-order valence-corrected chi connectivity index (χ2v) is 3.46. The highest BCUT2D eigenvalue weighted by molar-refractivity contribution is 5.73. The van der Waals surface area contributed by atoms with E-state index in [4.69, 9.17) is 0 Å². The molecule has 0 spiro atoms. The van der Waals surface area contributed by atoms with Crippen molar-refractivity contribution in [1.29, 1.82) is 0 Å². The summed E-state index contributed by atoms with van der Waals surface area (Å²) in [4.78, 5) is 13.0. The number of fused-ring (bicyclic) bond motifs is 1. The Morgan fingerprint density at radius 1 is 1.31 bits per heavy atom. The van der Waals surface area contributed by atoms with Crippen LogP contribution in [0.25, 0.3) is 0 Å². The van der Waals surface area contributed by atoms with Crippen molar-refractivity contribution in [2.24, 2.45) is 0 Å². The van der Waals surface area contributed by atoms with Crippen LogP contribution < -0.4 is 0 Å². The maximum Gasteiger partial charge on any atom is 0.219 e. The molecule has 1 aliphatic heterocycles.